The van der Waals surface area contributed by atoms with Crippen LogP contribution in [0.3, 0.4) is 0 Å². The first-order valence-corrected chi connectivity index (χ1v) is 14.0. The molecule has 0 spiro atoms. The van der Waals surface area contributed by atoms with Crippen LogP contribution < -0.4 is 0 Å². The van der Waals surface area contributed by atoms with Crippen molar-refractivity contribution in [1.82, 2.24) is 0 Å². The maximum absolute atomic E-state index is 13.9. The first-order chi connectivity index (χ1) is 14.6. The number of rotatable bonds is 8. The van der Waals surface area contributed by atoms with Gasteiger partial charge in [-0.15, -0.1) is 0 Å². The smallest absolute Gasteiger partial charge is 0.221 e. The summed E-state index contributed by atoms with van der Waals surface area (Å²) in [4.78, 5) is -1.12. The van der Waals surface area contributed by atoms with E-state index in [0.717, 1.165) is 0 Å². The van der Waals surface area contributed by atoms with Gasteiger partial charge in [0.1, 0.15) is 0 Å². The van der Waals surface area contributed by atoms with Crippen molar-refractivity contribution in [3.8, 4) is 0 Å². The Morgan fingerprint density at radius 1 is 0.516 bits per heavy atom. The molecule has 0 N–H and O–H groups in total. The molecule has 6 nitrogen and oxygen atoms in total. The number of hydrogen-bond acceptors (Lipinski definition) is 6. The highest BCUT2D eigenvalue weighted by atomic mass is 32.3. The molecule has 0 amide bonds. The van der Waals surface area contributed by atoms with Crippen LogP contribution in [0, 0.1) is 0 Å². The Labute approximate surface area is 183 Å². The highest BCUT2D eigenvalue weighted by Gasteiger charge is 2.65. The molecule has 3 aromatic carbocycles. The summed E-state index contributed by atoms with van der Waals surface area (Å²) in [5.41, 5.74) is 0. The van der Waals surface area contributed by atoms with Crippen molar-refractivity contribution in [3.63, 3.8) is 0 Å². The molecule has 164 valence electrons. The fourth-order valence-electron chi connectivity index (χ4n) is 3.48. The zero-order chi connectivity index (χ0) is 22.8. The van der Waals surface area contributed by atoms with Crippen LogP contribution in [0.15, 0.2) is 106 Å². The zero-order valence-electron chi connectivity index (χ0n) is 16.7. The van der Waals surface area contributed by atoms with Gasteiger partial charge in [-0.3, -0.25) is 0 Å². The molecule has 3 rings (SSSR count). The van der Waals surface area contributed by atoms with Crippen molar-refractivity contribution in [3.05, 3.63) is 91.0 Å². The topological polar surface area (TPSA) is 102 Å². The maximum atomic E-state index is 13.9. The predicted molar refractivity (Wildman–Crippen MR) is 119 cm³/mol. The second-order valence-corrected chi connectivity index (χ2v) is 14.2. The zero-order valence-corrected chi connectivity index (χ0v) is 19.2. The number of hydrogen-bond donors (Lipinski definition) is 0. The van der Waals surface area contributed by atoms with E-state index in [0.29, 0.717) is 0 Å². The van der Waals surface area contributed by atoms with Gasteiger partial charge in [-0.1, -0.05) is 67.9 Å². The SMILES string of the molecule is CCCC(S(=O)(=O)c1ccccc1)(S(=O)(=O)c1ccccc1)S(=O)(=O)c1ccccc1. The van der Waals surface area contributed by atoms with Crippen molar-refractivity contribution in [2.24, 2.45) is 0 Å². The normalized spacial score (nSPS) is 13.1. The van der Waals surface area contributed by atoms with Crippen molar-refractivity contribution < 1.29 is 25.3 Å². The quantitative estimate of drug-likeness (QED) is 0.487. The molecule has 9 heteroatoms. The molecule has 0 saturated heterocycles. The lowest BCUT2D eigenvalue weighted by molar-refractivity contribution is 0.538. The van der Waals surface area contributed by atoms with Crippen LogP contribution in [0.1, 0.15) is 19.8 Å². The Balaban J connectivity index is 2.52. The van der Waals surface area contributed by atoms with Crippen LogP contribution in [0.5, 0.6) is 0 Å². The standard InChI is InChI=1S/C22H22O6S3/c1-2-18-22(29(23,24)19-12-6-3-7-13-19,30(25,26)20-14-8-4-9-15-20)31(27,28)21-16-10-5-11-17-21/h3-17H,2,18H2,1H3. The van der Waals surface area contributed by atoms with Gasteiger partial charge in [0.15, 0.2) is 0 Å². The van der Waals surface area contributed by atoms with E-state index in [1.54, 1.807) is 25.1 Å². The first-order valence-electron chi connectivity index (χ1n) is 9.52. The van der Waals surface area contributed by atoms with Gasteiger partial charge in [-0.2, -0.15) is 0 Å². The average molecular weight is 479 g/mol. The molecule has 31 heavy (non-hydrogen) atoms. The van der Waals surface area contributed by atoms with Crippen LogP contribution in [-0.2, 0) is 29.5 Å². The molecule has 3 aromatic rings. The van der Waals surface area contributed by atoms with Gasteiger partial charge in [0.25, 0.3) is 3.41 Å². The largest absolute Gasteiger partial charge is 0.285 e. The molecule has 0 aromatic heterocycles. The van der Waals surface area contributed by atoms with Gasteiger partial charge < -0.3 is 0 Å². The minimum Gasteiger partial charge on any atom is -0.221 e. The van der Waals surface area contributed by atoms with Crippen LogP contribution in [0.4, 0.5) is 0 Å². The summed E-state index contributed by atoms with van der Waals surface area (Å²) >= 11 is 0. The van der Waals surface area contributed by atoms with Crippen molar-refractivity contribution in [2.45, 2.75) is 37.9 Å². The Morgan fingerprint density at radius 3 is 1.00 bits per heavy atom. The van der Waals surface area contributed by atoms with E-state index in [4.69, 9.17) is 0 Å². The average Bonchev–Trinajstić information content (AvgIpc) is 2.78. The third-order valence-electron chi connectivity index (χ3n) is 4.95. The summed E-state index contributed by atoms with van der Waals surface area (Å²) in [5.74, 6) is 0. The Hall–Kier alpha value is -2.49. The van der Waals surface area contributed by atoms with E-state index in [1.807, 2.05) is 0 Å². The molecule has 0 fully saturated rings. The fraction of sp³-hybridized carbons (Fsp3) is 0.182. The van der Waals surface area contributed by atoms with Gasteiger partial charge >= 0.3 is 0 Å². The van der Waals surface area contributed by atoms with Gasteiger partial charge in [-0.05, 0) is 42.8 Å². The van der Waals surface area contributed by atoms with E-state index in [-0.39, 0.29) is 21.1 Å². The van der Waals surface area contributed by atoms with E-state index in [2.05, 4.69) is 0 Å². The molecule has 0 unspecified atom stereocenters. The summed E-state index contributed by atoms with van der Waals surface area (Å²) in [5, 5.41) is 0. The molecule has 0 heterocycles. The molecule has 0 radical (unpaired) electrons. The van der Waals surface area contributed by atoms with Gasteiger partial charge in [0.05, 0.1) is 14.7 Å². The summed E-state index contributed by atoms with van der Waals surface area (Å²) in [6, 6.07) is 20.5. The molecule has 0 bridgehead atoms. The summed E-state index contributed by atoms with van der Waals surface area (Å²) in [7, 11) is -14.7. The molecule has 0 saturated carbocycles. The van der Waals surface area contributed by atoms with Crippen LogP contribution >= 0.6 is 0 Å². The van der Waals surface area contributed by atoms with E-state index in [9.17, 15) is 25.3 Å². The Bertz CT molecular complexity index is 1180. The minimum atomic E-state index is -4.91. The number of sulfone groups is 3. The van der Waals surface area contributed by atoms with Crippen LogP contribution in [0.2, 0.25) is 0 Å². The summed E-state index contributed by atoms with van der Waals surface area (Å²) < 4.78 is 80.4. The molecule has 0 atom stereocenters. The van der Waals surface area contributed by atoms with Gasteiger partial charge in [0, 0.05) is 0 Å². The first kappa shape index (κ1) is 23.2. The monoisotopic (exact) mass is 478 g/mol. The van der Waals surface area contributed by atoms with Gasteiger partial charge in [0.2, 0.25) is 29.5 Å². The highest BCUT2D eigenvalue weighted by molar-refractivity contribution is 8.25. The second kappa shape index (κ2) is 8.57. The number of benzene rings is 3. The van der Waals surface area contributed by atoms with Crippen LogP contribution in [0.25, 0.3) is 0 Å². The maximum Gasteiger partial charge on any atom is 0.285 e. The summed E-state index contributed by atoms with van der Waals surface area (Å²) in [6.45, 7) is 1.55. The van der Waals surface area contributed by atoms with Gasteiger partial charge in [-0.25, -0.2) is 25.3 Å². The molecule has 0 aliphatic carbocycles. The molecular weight excluding hydrogens is 456 g/mol. The van der Waals surface area contributed by atoms with Crippen molar-refractivity contribution in [1.29, 1.82) is 0 Å². The van der Waals surface area contributed by atoms with Crippen LogP contribution in [-0.4, -0.2) is 28.7 Å². The minimum absolute atomic E-state index is 0.00416. The third kappa shape index (κ3) is 3.60. The fourth-order valence-corrected chi connectivity index (χ4v) is 12.7. The lowest BCUT2D eigenvalue weighted by Gasteiger charge is -2.32. The predicted octanol–water partition coefficient (Wildman–Crippen LogP) is 3.86. The highest BCUT2D eigenvalue weighted by Crippen LogP contribution is 2.46. The van der Waals surface area contributed by atoms with Crippen molar-refractivity contribution >= 4 is 29.5 Å². The van der Waals surface area contributed by atoms with E-state index < -0.39 is 39.3 Å². The molecule has 0 aliphatic heterocycles. The third-order valence-corrected chi connectivity index (χ3v) is 14.6. The van der Waals surface area contributed by atoms with E-state index >= 15 is 0 Å². The lowest BCUT2D eigenvalue weighted by Crippen LogP contribution is -2.52. The van der Waals surface area contributed by atoms with Crippen molar-refractivity contribution in [2.75, 3.05) is 0 Å². The molecular formula is C22H22O6S3. The Morgan fingerprint density at radius 2 is 0.774 bits per heavy atom. The lowest BCUT2D eigenvalue weighted by atomic mass is 10.4. The Kier molecular flexibility index (Phi) is 6.40. The second-order valence-electron chi connectivity index (χ2n) is 6.88. The summed E-state index contributed by atoms with van der Waals surface area (Å²) in [6.07, 6.45) is -0.622. The molecule has 0 aliphatic rings. The van der Waals surface area contributed by atoms with E-state index in [1.165, 1.54) is 72.8 Å².